The lowest BCUT2D eigenvalue weighted by Gasteiger charge is -2.38. The smallest absolute Gasteiger partial charge is 0.323 e. The minimum atomic E-state index is -0.577. The summed E-state index contributed by atoms with van der Waals surface area (Å²) < 4.78 is 5.85. The van der Waals surface area contributed by atoms with Crippen LogP contribution >= 0.6 is 0 Å². The molecule has 0 radical (unpaired) electrons. The fraction of sp³-hybridized carbons (Fsp3) is 0.577. The maximum absolute atomic E-state index is 13.4. The van der Waals surface area contributed by atoms with E-state index in [1.54, 1.807) is 13.3 Å². The van der Waals surface area contributed by atoms with E-state index in [0.717, 1.165) is 17.7 Å². The number of likely N-dealkylation sites (tertiary alicyclic amines) is 1. The quantitative estimate of drug-likeness (QED) is 0.588. The topological polar surface area (TPSA) is 87.3 Å². The SMILES string of the molecule is CC(=O)N[C@@H](CC(C)C)[C@H]1[C@H](c2cnc[nH]2)C[C@H](C(=O)OC(C)(C)C)N1Cc1ccccc1. The van der Waals surface area contributed by atoms with Crippen LogP contribution in [0.5, 0.6) is 0 Å². The van der Waals surface area contributed by atoms with Gasteiger partial charge in [-0.3, -0.25) is 14.5 Å². The standard InChI is InChI=1S/C26H38N4O3/c1-17(2)12-21(29-18(3)31)24-20(22-14-27-16-28-22)13-23(25(32)33-26(4,5)6)30(24)15-19-10-8-7-9-11-19/h7-11,14,16-17,20-21,23-24H,12-13,15H2,1-6H3,(H,27,28)(H,29,31)/t20-,21-,23+,24+/m0/s1. The average molecular weight is 455 g/mol. The highest BCUT2D eigenvalue weighted by molar-refractivity contribution is 5.77. The van der Waals surface area contributed by atoms with E-state index in [9.17, 15) is 9.59 Å². The Morgan fingerprint density at radius 2 is 1.94 bits per heavy atom. The van der Waals surface area contributed by atoms with Crippen LogP contribution in [0, 0.1) is 5.92 Å². The number of carbonyl (C=O) groups is 2. The maximum Gasteiger partial charge on any atom is 0.323 e. The molecule has 7 nitrogen and oxygen atoms in total. The molecule has 1 aromatic heterocycles. The molecule has 0 aliphatic carbocycles. The number of amides is 1. The number of carbonyl (C=O) groups excluding carboxylic acids is 2. The Kier molecular flexibility index (Phi) is 7.95. The van der Waals surface area contributed by atoms with Gasteiger partial charge in [0.05, 0.1) is 6.33 Å². The summed E-state index contributed by atoms with van der Waals surface area (Å²) in [5, 5.41) is 3.20. The normalized spacial score (nSPS) is 22.3. The van der Waals surface area contributed by atoms with Gasteiger partial charge in [-0.2, -0.15) is 0 Å². The van der Waals surface area contributed by atoms with Gasteiger partial charge in [-0.05, 0) is 45.1 Å². The lowest BCUT2D eigenvalue weighted by Crippen LogP contribution is -2.53. The zero-order valence-electron chi connectivity index (χ0n) is 20.7. The fourth-order valence-electron chi connectivity index (χ4n) is 4.91. The van der Waals surface area contributed by atoms with E-state index in [2.05, 4.69) is 46.2 Å². The van der Waals surface area contributed by atoms with E-state index in [-0.39, 0.29) is 29.9 Å². The Labute approximate surface area is 197 Å². The summed E-state index contributed by atoms with van der Waals surface area (Å²) in [5.41, 5.74) is 1.52. The van der Waals surface area contributed by atoms with Crippen LogP contribution in [0.3, 0.4) is 0 Å². The molecule has 2 heterocycles. The third-order valence-corrected chi connectivity index (χ3v) is 6.00. The van der Waals surface area contributed by atoms with Crippen molar-refractivity contribution in [3.8, 4) is 0 Å². The molecule has 0 spiro atoms. The lowest BCUT2D eigenvalue weighted by molar-refractivity contribution is -0.161. The molecular formula is C26H38N4O3. The van der Waals surface area contributed by atoms with Gasteiger partial charge in [-0.15, -0.1) is 0 Å². The number of ether oxygens (including phenoxy) is 1. The minimum Gasteiger partial charge on any atom is -0.459 e. The highest BCUT2D eigenvalue weighted by Crippen LogP contribution is 2.41. The number of hydrogen-bond donors (Lipinski definition) is 2. The van der Waals surface area contributed by atoms with E-state index in [1.165, 1.54) is 0 Å². The van der Waals surface area contributed by atoms with Crippen LogP contribution in [-0.2, 0) is 20.9 Å². The third kappa shape index (κ3) is 6.67. The van der Waals surface area contributed by atoms with E-state index >= 15 is 0 Å². The predicted molar refractivity (Wildman–Crippen MR) is 128 cm³/mol. The van der Waals surface area contributed by atoms with Crippen molar-refractivity contribution >= 4 is 11.9 Å². The number of esters is 1. The molecule has 180 valence electrons. The van der Waals surface area contributed by atoms with Gasteiger partial charge in [-0.1, -0.05) is 44.2 Å². The minimum absolute atomic E-state index is 0.00401. The Hall–Kier alpha value is -2.67. The first-order valence-corrected chi connectivity index (χ1v) is 11.8. The Morgan fingerprint density at radius 3 is 2.48 bits per heavy atom. The molecular weight excluding hydrogens is 416 g/mol. The van der Waals surface area contributed by atoms with Gasteiger partial charge in [-0.25, -0.2) is 4.98 Å². The van der Waals surface area contributed by atoms with Gasteiger partial charge in [0.25, 0.3) is 0 Å². The predicted octanol–water partition coefficient (Wildman–Crippen LogP) is 4.03. The molecule has 0 bridgehead atoms. The van der Waals surface area contributed by atoms with Gasteiger partial charge in [0.1, 0.15) is 11.6 Å². The van der Waals surface area contributed by atoms with E-state index in [0.29, 0.717) is 18.9 Å². The molecule has 33 heavy (non-hydrogen) atoms. The number of H-pyrrole nitrogens is 1. The summed E-state index contributed by atoms with van der Waals surface area (Å²) >= 11 is 0. The Bertz CT molecular complexity index is 905. The summed E-state index contributed by atoms with van der Waals surface area (Å²) in [5.74, 6) is 0.0914. The molecule has 3 rings (SSSR count). The van der Waals surface area contributed by atoms with Crippen LogP contribution in [-0.4, -0.2) is 50.5 Å². The third-order valence-electron chi connectivity index (χ3n) is 6.00. The molecule has 1 amide bonds. The Morgan fingerprint density at radius 1 is 1.24 bits per heavy atom. The molecule has 1 aromatic carbocycles. The van der Waals surface area contributed by atoms with Crippen LogP contribution in [0.15, 0.2) is 42.9 Å². The van der Waals surface area contributed by atoms with Crippen LogP contribution in [0.2, 0.25) is 0 Å². The molecule has 2 aromatic rings. The molecule has 1 saturated heterocycles. The molecule has 0 saturated carbocycles. The van der Waals surface area contributed by atoms with Crippen molar-refractivity contribution < 1.29 is 14.3 Å². The fourth-order valence-corrected chi connectivity index (χ4v) is 4.91. The monoisotopic (exact) mass is 454 g/mol. The van der Waals surface area contributed by atoms with Gasteiger partial charge >= 0.3 is 5.97 Å². The molecule has 2 N–H and O–H groups in total. The molecule has 1 fully saturated rings. The zero-order valence-corrected chi connectivity index (χ0v) is 20.7. The van der Waals surface area contributed by atoms with Crippen molar-refractivity contribution in [1.82, 2.24) is 20.2 Å². The number of nitrogens with one attached hydrogen (secondary N) is 2. The van der Waals surface area contributed by atoms with Crippen LogP contribution < -0.4 is 5.32 Å². The van der Waals surface area contributed by atoms with Crippen molar-refractivity contribution in [1.29, 1.82) is 0 Å². The maximum atomic E-state index is 13.4. The molecule has 4 atom stereocenters. The molecule has 0 unspecified atom stereocenters. The number of rotatable bonds is 8. The van der Waals surface area contributed by atoms with Gasteiger partial charge in [0.2, 0.25) is 5.91 Å². The first-order valence-electron chi connectivity index (χ1n) is 11.8. The summed E-state index contributed by atoms with van der Waals surface area (Å²) in [7, 11) is 0. The largest absolute Gasteiger partial charge is 0.459 e. The van der Waals surface area contributed by atoms with E-state index in [4.69, 9.17) is 4.74 Å². The number of imidazole rings is 1. The van der Waals surface area contributed by atoms with Crippen molar-refractivity contribution in [3.63, 3.8) is 0 Å². The van der Waals surface area contributed by atoms with Crippen LogP contribution in [0.25, 0.3) is 0 Å². The number of hydrogen-bond acceptors (Lipinski definition) is 5. The van der Waals surface area contributed by atoms with Gasteiger partial charge in [0, 0.05) is 43.4 Å². The summed E-state index contributed by atoms with van der Waals surface area (Å²) in [4.78, 5) is 35.4. The van der Waals surface area contributed by atoms with Crippen LogP contribution in [0.4, 0.5) is 0 Å². The second-order valence-electron chi connectivity index (χ2n) is 10.5. The van der Waals surface area contributed by atoms with E-state index in [1.807, 2.05) is 45.2 Å². The second kappa shape index (κ2) is 10.5. The Balaban J connectivity index is 2.06. The summed E-state index contributed by atoms with van der Waals surface area (Å²) in [6.45, 7) is 12.1. The molecule has 7 heteroatoms. The van der Waals surface area contributed by atoms with Gasteiger partial charge < -0.3 is 15.0 Å². The number of aromatic nitrogens is 2. The first kappa shape index (κ1) is 25.0. The number of benzene rings is 1. The highest BCUT2D eigenvalue weighted by Gasteiger charge is 2.50. The molecule has 1 aliphatic rings. The number of aromatic amines is 1. The van der Waals surface area contributed by atoms with Crippen molar-refractivity contribution in [2.24, 2.45) is 5.92 Å². The van der Waals surface area contributed by atoms with Crippen LogP contribution in [0.1, 0.15) is 71.6 Å². The highest BCUT2D eigenvalue weighted by atomic mass is 16.6. The van der Waals surface area contributed by atoms with Gasteiger partial charge in [0.15, 0.2) is 0 Å². The second-order valence-corrected chi connectivity index (χ2v) is 10.5. The summed E-state index contributed by atoms with van der Waals surface area (Å²) in [6, 6.07) is 9.52. The first-order chi connectivity index (χ1) is 15.5. The number of nitrogens with zero attached hydrogens (tertiary/aromatic N) is 2. The van der Waals surface area contributed by atoms with Crippen molar-refractivity contribution in [2.45, 2.75) is 90.6 Å². The van der Waals surface area contributed by atoms with Crippen molar-refractivity contribution in [2.75, 3.05) is 0 Å². The van der Waals surface area contributed by atoms with Crippen molar-refractivity contribution in [3.05, 3.63) is 54.1 Å². The molecule has 1 aliphatic heterocycles. The summed E-state index contributed by atoms with van der Waals surface area (Å²) in [6.07, 6.45) is 4.91. The zero-order chi connectivity index (χ0) is 24.2. The van der Waals surface area contributed by atoms with E-state index < -0.39 is 11.6 Å². The average Bonchev–Trinajstić information content (AvgIpc) is 3.34. The lowest BCUT2D eigenvalue weighted by atomic mass is 9.86.